The molecule has 1 aromatic heterocycles. The molecule has 0 radical (unpaired) electrons. The molecule has 3 heterocycles. The number of carbonyl (C=O) groups is 2. The van der Waals surface area contributed by atoms with E-state index in [1.807, 2.05) is 6.92 Å². The largest absolute Gasteiger partial charge is 0.487 e. The lowest BCUT2D eigenvalue weighted by molar-refractivity contribution is -0.162. The lowest BCUT2D eigenvalue weighted by Crippen LogP contribution is -2.29. The summed E-state index contributed by atoms with van der Waals surface area (Å²) in [6.07, 6.45) is 4.40. The maximum absolute atomic E-state index is 11.8. The summed E-state index contributed by atoms with van der Waals surface area (Å²) in [5.41, 5.74) is 2.02. The van der Waals surface area contributed by atoms with Gasteiger partial charge in [-0.25, -0.2) is 14.8 Å². The smallest absolute Gasteiger partial charge is 0.345 e. The van der Waals surface area contributed by atoms with Crippen LogP contribution < -0.4 is 9.47 Å². The number of aromatic nitrogens is 2. The number of hydrogen-bond donors (Lipinski definition) is 1. The summed E-state index contributed by atoms with van der Waals surface area (Å²) in [6.45, 7) is 4.54. The van der Waals surface area contributed by atoms with Crippen LogP contribution >= 0.6 is 0 Å². The molecule has 0 aliphatic carbocycles. The van der Waals surface area contributed by atoms with E-state index in [2.05, 4.69) is 9.97 Å². The van der Waals surface area contributed by atoms with Gasteiger partial charge in [0.1, 0.15) is 24.2 Å². The first-order valence-electron chi connectivity index (χ1n) is 12.3. The average molecular weight is 501 g/mol. The van der Waals surface area contributed by atoms with Crippen molar-refractivity contribution in [1.29, 1.82) is 0 Å². The Balaban J connectivity index is 1.56. The molecule has 10 heteroatoms. The van der Waals surface area contributed by atoms with Crippen LogP contribution in [0.3, 0.4) is 0 Å². The van der Waals surface area contributed by atoms with E-state index in [-0.39, 0.29) is 25.4 Å². The van der Waals surface area contributed by atoms with E-state index in [4.69, 9.17) is 23.7 Å². The number of carbonyl (C=O) groups excluding carboxylic acids is 1. The summed E-state index contributed by atoms with van der Waals surface area (Å²) in [5, 5.41) is 9.60. The molecule has 2 saturated heterocycles. The fraction of sp³-hybridized carbons (Fsp3) is 0.538. The predicted molar refractivity (Wildman–Crippen MR) is 127 cm³/mol. The summed E-state index contributed by atoms with van der Waals surface area (Å²) in [4.78, 5) is 32.2. The number of carboxylic acids is 1. The fourth-order valence-electron chi connectivity index (χ4n) is 4.23. The maximum atomic E-state index is 11.8. The standard InChI is InChI=1S/C26H32N2O8/c1-16-12-22(34-15-19-8-9-27-25(28-19)20-6-5-11-32-20)18(14-23(26(30)31)35-17(2)29)13-21(16)36-24-7-3-4-10-33-24/h8-9,12-13,20,23-24H,3-7,10-11,14-15H2,1-2H3,(H,30,31)/t20-,23?,24?/m0/s1. The van der Waals surface area contributed by atoms with Crippen LogP contribution in [0.2, 0.25) is 0 Å². The van der Waals surface area contributed by atoms with Crippen molar-refractivity contribution < 1.29 is 38.4 Å². The Morgan fingerprint density at radius 2 is 1.97 bits per heavy atom. The van der Waals surface area contributed by atoms with Crippen LogP contribution in [0.4, 0.5) is 0 Å². The number of aryl methyl sites for hydroxylation is 1. The molecule has 3 atom stereocenters. The second-order valence-electron chi connectivity index (χ2n) is 8.98. The molecule has 2 fully saturated rings. The number of benzene rings is 1. The summed E-state index contributed by atoms with van der Waals surface area (Å²) < 4.78 is 28.6. The first-order valence-corrected chi connectivity index (χ1v) is 12.3. The Hall–Kier alpha value is -3.24. The fourth-order valence-corrected chi connectivity index (χ4v) is 4.23. The molecule has 0 spiro atoms. The van der Waals surface area contributed by atoms with Crippen molar-refractivity contribution >= 4 is 11.9 Å². The molecule has 2 aliphatic heterocycles. The Morgan fingerprint density at radius 3 is 2.67 bits per heavy atom. The van der Waals surface area contributed by atoms with Gasteiger partial charge in [0.2, 0.25) is 6.10 Å². The van der Waals surface area contributed by atoms with Crippen LogP contribution in [-0.4, -0.2) is 52.6 Å². The van der Waals surface area contributed by atoms with Crippen molar-refractivity contribution in [3.63, 3.8) is 0 Å². The highest BCUT2D eigenvalue weighted by Gasteiger charge is 2.25. The van der Waals surface area contributed by atoms with Gasteiger partial charge in [-0.15, -0.1) is 0 Å². The molecule has 36 heavy (non-hydrogen) atoms. The zero-order valence-electron chi connectivity index (χ0n) is 20.6. The third-order valence-electron chi connectivity index (χ3n) is 6.07. The van der Waals surface area contributed by atoms with E-state index < -0.39 is 18.0 Å². The number of ether oxygens (including phenoxy) is 5. The van der Waals surface area contributed by atoms with E-state index in [0.717, 1.165) is 37.7 Å². The molecule has 1 aromatic carbocycles. The molecule has 0 saturated carbocycles. The lowest BCUT2D eigenvalue weighted by atomic mass is 10.0. The Kier molecular flexibility index (Phi) is 8.71. The zero-order valence-corrected chi connectivity index (χ0v) is 20.6. The Labute approximate surface area is 209 Å². The minimum Gasteiger partial charge on any atom is -0.487 e. The van der Waals surface area contributed by atoms with Crippen molar-refractivity contribution in [2.75, 3.05) is 13.2 Å². The highest BCUT2D eigenvalue weighted by atomic mass is 16.7. The lowest BCUT2D eigenvalue weighted by Gasteiger charge is -2.25. The van der Waals surface area contributed by atoms with Crippen LogP contribution in [-0.2, 0) is 36.8 Å². The monoisotopic (exact) mass is 500 g/mol. The topological polar surface area (TPSA) is 126 Å². The number of rotatable bonds is 10. The van der Waals surface area contributed by atoms with Crippen LogP contribution in [0.1, 0.15) is 67.8 Å². The van der Waals surface area contributed by atoms with E-state index in [1.54, 1.807) is 24.4 Å². The molecule has 10 nitrogen and oxygen atoms in total. The van der Waals surface area contributed by atoms with Gasteiger partial charge in [0.15, 0.2) is 12.1 Å². The highest BCUT2D eigenvalue weighted by molar-refractivity contribution is 5.77. The van der Waals surface area contributed by atoms with E-state index in [1.165, 1.54) is 6.92 Å². The number of carboxylic acid groups (broad SMARTS) is 1. The van der Waals surface area contributed by atoms with E-state index >= 15 is 0 Å². The average Bonchev–Trinajstić information content (AvgIpc) is 3.40. The summed E-state index contributed by atoms with van der Waals surface area (Å²) >= 11 is 0. The summed E-state index contributed by atoms with van der Waals surface area (Å²) in [5.74, 6) is -0.264. The third kappa shape index (κ3) is 6.92. The molecule has 2 aromatic rings. The van der Waals surface area contributed by atoms with Gasteiger partial charge in [0.25, 0.3) is 0 Å². The zero-order chi connectivity index (χ0) is 25.5. The summed E-state index contributed by atoms with van der Waals surface area (Å²) in [6, 6.07) is 5.30. The molecule has 194 valence electrons. The molecular weight excluding hydrogens is 468 g/mol. The molecular formula is C26H32N2O8. The molecule has 0 amide bonds. The van der Waals surface area contributed by atoms with E-state index in [9.17, 15) is 14.7 Å². The van der Waals surface area contributed by atoms with Crippen molar-refractivity contribution in [2.45, 2.75) is 77.5 Å². The first kappa shape index (κ1) is 25.8. The van der Waals surface area contributed by atoms with Gasteiger partial charge in [-0.2, -0.15) is 0 Å². The minimum absolute atomic E-state index is 0.0860. The van der Waals surface area contributed by atoms with Gasteiger partial charge in [0, 0.05) is 38.1 Å². The molecule has 4 rings (SSSR count). The SMILES string of the molecule is CC(=O)OC(Cc1cc(OC2CCCCO2)c(C)cc1OCc1ccnc([C@@H]2CCCO2)n1)C(=O)O. The van der Waals surface area contributed by atoms with E-state index in [0.29, 0.717) is 41.8 Å². The molecule has 2 aliphatic rings. The van der Waals surface area contributed by atoms with Crippen LogP contribution in [0.25, 0.3) is 0 Å². The normalized spacial score (nSPS) is 20.5. The van der Waals surface area contributed by atoms with Crippen LogP contribution in [0.5, 0.6) is 11.5 Å². The summed E-state index contributed by atoms with van der Waals surface area (Å²) in [7, 11) is 0. The van der Waals surface area contributed by atoms with Gasteiger partial charge in [-0.05, 0) is 56.4 Å². The van der Waals surface area contributed by atoms with Crippen molar-refractivity contribution in [3.05, 3.63) is 47.0 Å². The number of aliphatic carboxylic acids is 1. The number of esters is 1. The second-order valence-corrected chi connectivity index (χ2v) is 8.98. The minimum atomic E-state index is -1.36. The van der Waals surface area contributed by atoms with Crippen LogP contribution in [0, 0.1) is 6.92 Å². The maximum Gasteiger partial charge on any atom is 0.345 e. The Morgan fingerprint density at radius 1 is 1.14 bits per heavy atom. The quantitative estimate of drug-likeness (QED) is 0.483. The second kappa shape index (κ2) is 12.1. The molecule has 1 N–H and O–H groups in total. The highest BCUT2D eigenvalue weighted by Crippen LogP contribution is 2.32. The van der Waals surface area contributed by atoms with Gasteiger partial charge < -0.3 is 28.8 Å². The first-order chi connectivity index (χ1) is 17.4. The van der Waals surface area contributed by atoms with Crippen molar-refractivity contribution in [3.8, 4) is 11.5 Å². The van der Waals surface area contributed by atoms with Gasteiger partial charge in [-0.3, -0.25) is 4.79 Å². The number of hydrogen-bond acceptors (Lipinski definition) is 9. The van der Waals surface area contributed by atoms with Crippen LogP contribution in [0.15, 0.2) is 24.4 Å². The molecule has 0 bridgehead atoms. The van der Waals surface area contributed by atoms with Crippen molar-refractivity contribution in [1.82, 2.24) is 9.97 Å². The van der Waals surface area contributed by atoms with Gasteiger partial charge in [0.05, 0.1) is 12.3 Å². The molecule has 2 unspecified atom stereocenters. The van der Waals surface area contributed by atoms with Gasteiger partial charge in [-0.1, -0.05) is 0 Å². The van der Waals surface area contributed by atoms with Crippen molar-refractivity contribution in [2.24, 2.45) is 0 Å². The third-order valence-corrected chi connectivity index (χ3v) is 6.07. The predicted octanol–water partition coefficient (Wildman–Crippen LogP) is 3.68. The Bertz CT molecular complexity index is 1060. The van der Waals surface area contributed by atoms with Gasteiger partial charge >= 0.3 is 11.9 Å². The number of nitrogens with zero attached hydrogens (tertiary/aromatic N) is 2.